The molecule has 6 heteroatoms. The molecule has 0 spiro atoms. The Bertz CT molecular complexity index is 728. The van der Waals surface area contributed by atoms with Crippen LogP contribution in [0.5, 0.6) is 11.5 Å². The van der Waals surface area contributed by atoms with Crippen LogP contribution in [0.2, 0.25) is 0 Å². The number of para-hydroxylation sites is 2. The van der Waals surface area contributed by atoms with Gasteiger partial charge in [0.05, 0.1) is 26.4 Å². The van der Waals surface area contributed by atoms with Gasteiger partial charge in [0.25, 0.3) is 0 Å². The van der Waals surface area contributed by atoms with Crippen molar-refractivity contribution < 1.29 is 14.7 Å². The fourth-order valence-electron chi connectivity index (χ4n) is 2.85. The summed E-state index contributed by atoms with van der Waals surface area (Å²) in [4.78, 5) is 1.39. The van der Waals surface area contributed by atoms with E-state index >= 15 is 0 Å². The predicted molar refractivity (Wildman–Crippen MR) is 96.1 cm³/mol. The molecule has 1 aliphatic rings. The van der Waals surface area contributed by atoms with E-state index in [1.54, 1.807) is 31.5 Å². The number of hydrogen-bond acceptors (Lipinski definition) is 4. The van der Waals surface area contributed by atoms with Crippen molar-refractivity contribution in [2.75, 3.05) is 33.3 Å². The molecule has 0 amide bonds. The molecular formula is C18H20BrN3O2. The largest absolute Gasteiger partial charge is 0.872 e. The Morgan fingerprint density at radius 2 is 1.96 bits per heavy atom. The Morgan fingerprint density at radius 3 is 2.71 bits per heavy atom. The van der Waals surface area contributed by atoms with Crippen LogP contribution in [0.25, 0.3) is 0 Å². The quantitative estimate of drug-likeness (QED) is 0.804. The van der Waals surface area contributed by atoms with Gasteiger partial charge in [0.15, 0.2) is 11.4 Å². The maximum atomic E-state index is 11.8. The smallest absolute Gasteiger partial charge is 0.179 e. The van der Waals surface area contributed by atoms with Gasteiger partial charge in [-0.05, 0) is 23.8 Å². The lowest BCUT2D eigenvalue weighted by atomic mass is 10.2. The molecule has 5 nitrogen and oxygen atoms in total. The average molecular weight is 390 g/mol. The monoisotopic (exact) mass is 389 g/mol. The normalized spacial score (nSPS) is 15.8. The molecule has 1 fully saturated rings. The molecule has 0 saturated carbocycles. The van der Waals surface area contributed by atoms with Gasteiger partial charge in [-0.15, -0.1) is 0 Å². The summed E-state index contributed by atoms with van der Waals surface area (Å²) in [6.45, 7) is 3.57. The van der Waals surface area contributed by atoms with Crippen LogP contribution in [-0.4, -0.2) is 44.5 Å². The Balaban J connectivity index is 1.63. The first-order valence-corrected chi connectivity index (χ1v) is 8.70. The van der Waals surface area contributed by atoms with Gasteiger partial charge in [-0.2, -0.15) is 5.10 Å². The van der Waals surface area contributed by atoms with Crippen LogP contribution in [0, 0.1) is 0 Å². The summed E-state index contributed by atoms with van der Waals surface area (Å²) in [6, 6.07) is 13.2. The molecule has 3 rings (SSSR count). The van der Waals surface area contributed by atoms with Gasteiger partial charge >= 0.3 is 0 Å². The van der Waals surface area contributed by atoms with Crippen LogP contribution < -0.4 is 14.7 Å². The Labute approximate surface area is 150 Å². The van der Waals surface area contributed by atoms with Gasteiger partial charge < -0.3 is 9.84 Å². The molecule has 1 aliphatic heterocycles. The highest BCUT2D eigenvalue weighted by molar-refractivity contribution is 9.10. The maximum absolute atomic E-state index is 11.8. The van der Waals surface area contributed by atoms with E-state index in [2.05, 4.69) is 27.1 Å². The molecule has 0 radical (unpaired) electrons. The lowest BCUT2D eigenvalue weighted by molar-refractivity contribution is -0.838. The van der Waals surface area contributed by atoms with Crippen LogP contribution >= 0.6 is 15.9 Å². The van der Waals surface area contributed by atoms with Crippen LogP contribution in [-0.2, 0) is 0 Å². The second-order valence-corrected chi connectivity index (χ2v) is 6.60. The zero-order valence-corrected chi connectivity index (χ0v) is 15.1. The summed E-state index contributed by atoms with van der Waals surface area (Å²) in [5.74, 6) is 0.912. The van der Waals surface area contributed by atoms with Crippen LogP contribution in [0.15, 0.2) is 52.0 Å². The van der Waals surface area contributed by atoms with Gasteiger partial charge in [0, 0.05) is 10.5 Å². The number of methoxy groups -OCH3 is 1. The first-order chi connectivity index (χ1) is 11.7. The van der Waals surface area contributed by atoms with Crippen LogP contribution in [0.4, 0.5) is 5.69 Å². The first kappa shape index (κ1) is 16.8. The molecule has 24 heavy (non-hydrogen) atoms. The van der Waals surface area contributed by atoms with E-state index in [0.29, 0.717) is 5.56 Å². The van der Waals surface area contributed by atoms with Gasteiger partial charge in [-0.1, -0.05) is 39.9 Å². The number of nitrogens with zero attached hydrogens (tertiary/aromatic N) is 2. The molecule has 2 aromatic carbocycles. The maximum Gasteiger partial charge on any atom is 0.179 e. The van der Waals surface area contributed by atoms with Gasteiger partial charge in [0.1, 0.15) is 13.1 Å². The van der Waals surface area contributed by atoms with Gasteiger partial charge in [-0.25, -0.2) is 0 Å². The topological polar surface area (TPSA) is 52.3 Å². The minimum absolute atomic E-state index is 0.0137. The highest BCUT2D eigenvalue weighted by atomic mass is 79.9. The van der Waals surface area contributed by atoms with Crippen molar-refractivity contribution in [1.82, 2.24) is 5.01 Å². The first-order valence-electron chi connectivity index (χ1n) is 7.91. The van der Waals surface area contributed by atoms with E-state index in [0.717, 1.165) is 36.4 Å². The van der Waals surface area contributed by atoms with Crippen molar-refractivity contribution in [1.29, 1.82) is 0 Å². The molecular weight excluding hydrogens is 370 g/mol. The summed E-state index contributed by atoms with van der Waals surface area (Å²) in [7, 11) is 1.71. The molecule has 1 saturated heterocycles. The number of quaternary nitrogens is 1. The van der Waals surface area contributed by atoms with Crippen molar-refractivity contribution in [3.63, 3.8) is 0 Å². The van der Waals surface area contributed by atoms with Crippen molar-refractivity contribution in [2.45, 2.75) is 0 Å². The van der Waals surface area contributed by atoms with Crippen molar-refractivity contribution in [3.8, 4) is 11.5 Å². The summed E-state index contributed by atoms with van der Waals surface area (Å²) in [6.07, 6.45) is 1.65. The van der Waals surface area contributed by atoms with Crippen molar-refractivity contribution in [2.24, 2.45) is 5.10 Å². The third-order valence-electron chi connectivity index (χ3n) is 4.16. The van der Waals surface area contributed by atoms with Gasteiger partial charge in [0.2, 0.25) is 0 Å². The van der Waals surface area contributed by atoms with E-state index < -0.39 is 0 Å². The summed E-state index contributed by atoms with van der Waals surface area (Å²) in [5.41, 5.74) is 1.79. The van der Waals surface area contributed by atoms with Gasteiger partial charge in [-0.3, -0.25) is 9.91 Å². The van der Waals surface area contributed by atoms with Crippen LogP contribution in [0.3, 0.4) is 0 Å². The van der Waals surface area contributed by atoms with Crippen LogP contribution in [0.1, 0.15) is 5.56 Å². The predicted octanol–water partition coefficient (Wildman–Crippen LogP) is 1.40. The lowest BCUT2D eigenvalue weighted by Crippen LogP contribution is -3.10. The number of hydrazone groups is 1. The van der Waals surface area contributed by atoms with Crippen molar-refractivity contribution >= 4 is 27.8 Å². The number of ether oxygens (including phenoxy) is 1. The zero-order chi connectivity index (χ0) is 16.9. The summed E-state index contributed by atoms with van der Waals surface area (Å²) >= 11 is 3.38. The Hall–Kier alpha value is -2.05. The standard InChI is InChI=1S/C18H20BrN3O2/c1-24-18-5-3-2-4-16(18)21-8-10-22(11-9-21)20-13-14-12-15(19)6-7-17(14)23/h2-7,12-13,23H,8-11H2,1H3. The molecule has 1 N–H and O–H groups in total. The highest BCUT2D eigenvalue weighted by Crippen LogP contribution is 2.20. The third-order valence-corrected chi connectivity index (χ3v) is 4.66. The number of piperazine rings is 1. The number of hydrogen-bond donors (Lipinski definition) is 1. The van der Waals surface area contributed by atoms with E-state index in [1.807, 2.05) is 23.2 Å². The zero-order valence-electron chi connectivity index (χ0n) is 13.5. The highest BCUT2D eigenvalue weighted by Gasteiger charge is 2.23. The summed E-state index contributed by atoms with van der Waals surface area (Å²) in [5, 5.41) is 18.3. The molecule has 2 aromatic rings. The van der Waals surface area contributed by atoms with E-state index in [1.165, 1.54) is 10.6 Å². The molecule has 0 bridgehead atoms. The van der Waals surface area contributed by atoms with Crippen molar-refractivity contribution in [3.05, 3.63) is 52.5 Å². The third kappa shape index (κ3) is 3.88. The number of halogens is 1. The summed E-state index contributed by atoms with van der Waals surface area (Å²) < 4.78 is 6.34. The van der Waals surface area contributed by atoms with E-state index in [4.69, 9.17) is 4.74 Å². The lowest BCUT2D eigenvalue weighted by Gasteiger charge is -2.30. The second kappa shape index (κ2) is 7.68. The Morgan fingerprint density at radius 1 is 1.21 bits per heavy atom. The minimum atomic E-state index is -0.0137. The fraction of sp³-hybridized carbons (Fsp3) is 0.278. The second-order valence-electron chi connectivity index (χ2n) is 5.68. The number of benzene rings is 2. The minimum Gasteiger partial charge on any atom is -0.872 e. The fourth-order valence-corrected chi connectivity index (χ4v) is 3.23. The molecule has 0 aromatic heterocycles. The van der Waals surface area contributed by atoms with E-state index in [9.17, 15) is 5.11 Å². The number of nitrogens with one attached hydrogen (secondary N) is 1. The van der Waals surface area contributed by atoms with E-state index in [-0.39, 0.29) is 5.75 Å². The Kier molecular flexibility index (Phi) is 5.37. The number of rotatable bonds is 4. The molecule has 0 atom stereocenters. The SMILES string of the molecule is COc1ccccc1[NH+]1CCN(N=Cc2cc(Br)ccc2[O-])CC1. The average Bonchev–Trinajstić information content (AvgIpc) is 2.63. The molecule has 1 heterocycles. The molecule has 0 unspecified atom stereocenters. The molecule has 0 aliphatic carbocycles. The molecule has 126 valence electrons.